The van der Waals surface area contributed by atoms with E-state index in [0.717, 1.165) is 0 Å². The van der Waals surface area contributed by atoms with Gasteiger partial charge in [-0.1, -0.05) is 12.7 Å². The second-order valence-corrected chi connectivity index (χ2v) is 5.35. The van der Waals surface area contributed by atoms with E-state index in [1.807, 2.05) is 13.0 Å². The molecule has 0 bridgehead atoms. The minimum absolute atomic E-state index is 0.112. The van der Waals surface area contributed by atoms with Crippen LogP contribution < -0.4 is 5.32 Å². The maximum Gasteiger partial charge on any atom is 0.306 e. The fourth-order valence-electron chi connectivity index (χ4n) is 2.01. The molecular weight excluding hydrogens is 336 g/mol. The van der Waals surface area contributed by atoms with Gasteiger partial charge in [0, 0.05) is 18.6 Å². The van der Waals surface area contributed by atoms with E-state index in [1.165, 1.54) is 6.08 Å². The average Bonchev–Trinajstić information content (AvgIpc) is 2.67. The number of hydrogen-bond acceptors (Lipinski definition) is 6. The van der Waals surface area contributed by atoms with Crippen LogP contribution in [0.1, 0.15) is 35.7 Å². The Hall–Kier alpha value is -2.69. The fourth-order valence-corrected chi connectivity index (χ4v) is 2.01. The van der Waals surface area contributed by atoms with Gasteiger partial charge >= 0.3 is 5.97 Å². The Bertz CT molecular complexity index is 622. The van der Waals surface area contributed by atoms with Crippen molar-refractivity contribution >= 4 is 11.9 Å². The van der Waals surface area contributed by atoms with E-state index < -0.39 is 0 Å². The summed E-state index contributed by atoms with van der Waals surface area (Å²) in [5, 5.41) is 11.6. The summed E-state index contributed by atoms with van der Waals surface area (Å²) in [6, 6.07) is 7.91. The highest BCUT2D eigenvalue weighted by molar-refractivity contribution is 5.94. The molecule has 0 fully saturated rings. The van der Waals surface area contributed by atoms with Crippen LogP contribution in [0, 0.1) is 11.3 Å². The molecule has 1 N–H and O–H groups in total. The summed E-state index contributed by atoms with van der Waals surface area (Å²) >= 11 is 0. The van der Waals surface area contributed by atoms with Crippen molar-refractivity contribution in [2.45, 2.75) is 25.8 Å². The second-order valence-electron chi connectivity index (χ2n) is 5.35. The Morgan fingerprint density at radius 2 is 2.04 bits per heavy atom. The van der Waals surface area contributed by atoms with Crippen molar-refractivity contribution in [2.75, 3.05) is 26.6 Å². The van der Waals surface area contributed by atoms with Crippen molar-refractivity contribution in [2.24, 2.45) is 0 Å². The molecule has 7 nitrogen and oxygen atoms in total. The molecule has 0 aliphatic heterocycles. The van der Waals surface area contributed by atoms with E-state index in [1.54, 1.807) is 24.3 Å². The first-order valence-electron chi connectivity index (χ1n) is 8.33. The first-order chi connectivity index (χ1) is 12.6. The lowest BCUT2D eigenvalue weighted by atomic mass is 10.1. The zero-order chi connectivity index (χ0) is 19.2. The van der Waals surface area contributed by atoms with Crippen molar-refractivity contribution in [3.05, 3.63) is 48.0 Å². The van der Waals surface area contributed by atoms with Gasteiger partial charge < -0.3 is 19.5 Å². The number of ether oxygens (including phenoxy) is 3. The van der Waals surface area contributed by atoms with Gasteiger partial charge in [-0.15, -0.1) is 0 Å². The third-order valence-corrected chi connectivity index (χ3v) is 3.36. The third-order valence-electron chi connectivity index (χ3n) is 3.36. The van der Waals surface area contributed by atoms with E-state index in [2.05, 4.69) is 11.9 Å². The third kappa shape index (κ3) is 8.42. The molecular formula is C19H24N2O5. The molecule has 140 valence electrons. The van der Waals surface area contributed by atoms with Crippen molar-refractivity contribution in [1.29, 1.82) is 5.26 Å². The number of nitriles is 1. The van der Waals surface area contributed by atoms with Crippen molar-refractivity contribution in [3.63, 3.8) is 0 Å². The summed E-state index contributed by atoms with van der Waals surface area (Å²) in [6.07, 6.45) is 2.00. The number of carbonyl (C=O) groups excluding carboxylic acids is 2. The molecule has 0 aromatic heterocycles. The number of carbonyl (C=O) groups is 2. The molecule has 26 heavy (non-hydrogen) atoms. The summed E-state index contributed by atoms with van der Waals surface area (Å²) in [4.78, 5) is 24.0. The van der Waals surface area contributed by atoms with Crippen LogP contribution in [0.2, 0.25) is 0 Å². The molecule has 0 heterocycles. The number of rotatable bonds is 12. The number of benzene rings is 1. The van der Waals surface area contributed by atoms with Gasteiger partial charge in [0.05, 0.1) is 24.3 Å². The molecule has 0 saturated heterocycles. The lowest BCUT2D eigenvalue weighted by Crippen LogP contribution is -2.39. The molecule has 0 aliphatic carbocycles. The van der Waals surface area contributed by atoms with Crippen LogP contribution in [0.3, 0.4) is 0 Å². The lowest BCUT2D eigenvalue weighted by Gasteiger charge is -2.18. The van der Waals surface area contributed by atoms with Crippen LogP contribution in [0.15, 0.2) is 36.9 Å². The molecule has 0 radical (unpaired) electrons. The molecule has 1 rings (SSSR count). The van der Waals surface area contributed by atoms with Crippen molar-refractivity contribution < 1.29 is 23.8 Å². The highest BCUT2D eigenvalue weighted by Crippen LogP contribution is 2.06. The monoisotopic (exact) mass is 360 g/mol. The first kappa shape index (κ1) is 21.4. The largest absolute Gasteiger partial charge is 0.461 e. The zero-order valence-electron chi connectivity index (χ0n) is 14.9. The molecule has 7 heteroatoms. The standard InChI is InChI=1S/C19H24N2O5/c1-3-11-26-18(22)10-9-17(13-25-14-24-4-2)21-19(23)16-7-5-15(12-20)6-8-16/h3,5-8,17H,1,4,9-11,13-14H2,2H3,(H,21,23)/t17-/m0/s1. The summed E-state index contributed by atoms with van der Waals surface area (Å²) in [6.45, 7) is 6.33. The van der Waals surface area contributed by atoms with Crippen molar-refractivity contribution in [1.82, 2.24) is 5.32 Å². The second kappa shape index (κ2) is 12.6. The van der Waals surface area contributed by atoms with Gasteiger partial charge in [-0.3, -0.25) is 9.59 Å². The van der Waals surface area contributed by atoms with E-state index in [4.69, 9.17) is 19.5 Å². The Kier molecular flexibility index (Phi) is 10.4. The SMILES string of the molecule is C=CCOC(=O)CC[C@@H](COCOCC)NC(=O)c1ccc(C#N)cc1. The first-order valence-corrected chi connectivity index (χ1v) is 8.33. The number of hydrogen-bond donors (Lipinski definition) is 1. The molecule has 1 aromatic carbocycles. The van der Waals surface area contributed by atoms with E-state index in [0.29, 0.717) is 24.2 Å². The number of nitrogens with one attached hydrogen (secondary N) is 1. The number of esters is 1. The molecule has 1 atom stereocenters. The van der Waals surface area contributed by atoms with Crippen LogP contribution in [-0.4, -0.2) is 44.5 Å². The van der Waals surface area contributed by atoms with E-state index in [9.17, 15) is 9.59 Å². The topological polar surface area (TPSA) is 97.7 Å². The smallest absolute Gasteiger partial charge is 0.306 e. The lowest BCUT2D eigenvalue weighted by molar-refractivity contribution is -0.142. The quantitative estimate of drug-likeness (QED) is 0.265. The Morgan fingerprint density at radius 3 is 2.65 bits per heavy atom. The van der Waals surface area contributed by atoms with E-state index >= 15 is 0 Å². The normalized spacial score (nSPS) is 11.2. The predicted octanol–water partition coefficient (Wildman–Crippen LogP) is 2.18. The van der Waals surface area contributed by atoms with Gasteiger partial charge in [0.1, 0.15) is 13.4 Å². The van der Waals surface area contributed by atoms with Crippen LogP contribution in [0.4, 0.5) is 0 Å². The van der Waals surface area contributed by atoms with Gasteiger partial charge in [-0.05, 0) is 37.6 Å². The summed E-state index contributed by atoms with van der Waals surface area (Å²) in [7, 11) is 0. The molecule has 0 saturated carbocycles. The predicted molar refractivity (Wildman–Crippen MR) is 95.2 cm³/mol. The Balaban J connectivity index is 2.60. The maximum absolute atomic E-state index is 12.4. The Labute approximate surface area is 153 Å². The van der Waals surface area contributed by atoms with Gasteiger partial charge in [0.25, 0.3) is 5.91 Å². The maximum atomic E-state index is 12.4. The highest BCUT2D eigenvalue weighted by Gasteiger charge is 2.16. The zero-order valence-corrected chi connectivity index (χ0v) is 14.9. The van der Waals surface area contributed by atoms with Crippen LogP contribution >= 0.6 is 0 Å². The fraction of sp³-hybridized carbons (Fsp3) is 0.421. The van der Waals surface area contributed by atoms with Gasteiger partial charge in [0.2, 0.25) is 0 Å². The average molecular weight is 360 g/mol. The van der Waals surface area contributed by atoms with E-state index in [-0.39, 0.29) is 44.3 Å². The van der Waals surface area contributed by atoms with Gasteiger partial charge in [0.15, 0.2) is 0 Å². The molecule has 0 unspecified atom stereocenters. The van der Waals surface area contributed by atoms with Gasteiger partial charge in [-0.2, -0.15) is 5.26 Å². The molecule has 1 amide bonds. The molecule has 0 aliphatic rings. The van der Waals surface area contributed by atoms with Crippen LogP contribution in [0.5, 0.6) is 0 Å². The number of nitrogens with zero attached hydrogens (tertiary/aromatic N) is 1. The number of amides is 1. The Morgan fingerprint density at radius 1 is 1.31 bits per heavy atom. The van der Waals surface area contributed by atoms with Crippen LogP contribution in [-0.2, 0) is 19.0 Å². The summed E-state index contributed by atoms with van der Waals surface area (Å²) in [5.41, 5.74) is 0.899. The highest BCUT2D eigenvalue weighted by atomic mass is 16.7. The van der Waals surface area contributed by atoms with Crippen molar-refractivity contribution in [3.8, 4) is 6.07 Å². The van der Waals surface area contributed by atoms with Gasteiger partial charge in [-0.25, -0.2) is 0 Å². The summed E-state index contributed by atoms with van der Waals surface area (Å²) in [5.74, 6) is -0.675. The summed E-state index contributed by atoms with van der Waals surface area (Å²) < 4.78 is 15.4. The minimum Gasteiger partial charge on any atom is -0.461 e. The molecule has 1 aromatic rings. The molecule has 0 spiro atoms. The van der Waals surface area contributed by atoms with Crippen LogP contribution in [0.25, 0.3) is 0 Å². The minimum atomic E-state index is -0.380.